The van der Waals surface area contributed by atoms with E-state index >= 15 is 0 Å². The highest BCUT2D eigenvalue weighted by Gasteiger charge is 2.30. The minimum absolute atomic E-state index is 0.128. The summed E-state index contributed by atoms with van der Waals surface area (Å²) in [6, 6.07) is 6.40. The number of carbonyl (C=O) groups excluding carboxylic acids is 1. The van der Waals surface area contributed by atoms with Gasteiger partial charge >= 0.3 is 0 Å². The molecular weight excluding hydrogens is 245 g/mol. The molecule has 0 N–H and O–H groups in total. The Balaban J connectivity index is 1.71. The molecular formula is C14H14FN3O. The van der Waals surface area contributed by atoms with Crippen LogP contribution in [0.5, 0.6) is 0 Å². The van der Waals surface area contributed by atoms with Gasteiger partial charge in [0.05, 0.1) is 13.0 Å². The first-order chi connectivity index (χ1) is 9.22. The lowest BCUT2D eigenvalue weighted by molar-refractivity contribution is -0.129. The molecule has 1 amide bonds. The molecule has 4 nitrogen and oxygen atoms in total. The second-order valence-corrected chi connectivity index (χ2v) is 4.79. The molecule has 3 rings (SSSR count). The standard InChI is InChI=1S/C14H14FN3O/c15-13-3-1-11(2-4-13)12-7-14(19)18(8-12)10-17-6-5-16-9-17/h1-6,9,12H,7-8,10H2. The van der Waals surface area contributed by atoms with Crippen molar-refractivity contribution in [2.45, 2.75) is 19.0 Å². The van der Waals surface area contributed by atoms with Crippen molar-refractivity contribution >= 4 is 5.91 Å². The molecule has 1 aromatic heterocycles. The van der Waals surface area contributed by atoms with E-state index in [1.807, 2.05) is 10.8 Å². The molecule has 1 atom stereocenters. The smallest absolute Gasteiger partial charge is 0.224 e. The Kier molecular flexibility index (Phi) is 3.03. The molecule has 0 bridgehead atoms. The molecule has 0 aliphatic carbocycles. The molecule has 1 unspecified atom stereocenters. The van der Waals surface area contributed by atoms with Crippen molar-refractivity contribution < 1.29 is 9.18 Å². The molecule has 98 valence electrons. The van der Waals surface area contributed by atoms with Crippen LogP contribution in [-0.2, 0) is 11.5 Å². The van der Waals surface area contributed by atoms with Crippen molar-refractivity contribution in [3.8, 4) is 0 Å². The second kappa shape index (κ2) is 4.84. The van der Waals surface area contributed by atoms with Crippen LogP contribution in [0, 0.1) is 5.82 Å². The molecule has 2 heterocycles. The van der Waals surface area contributed by atoms with Gasteiger partial charge in [0, 0.05) is 31.3 Å². The third kappa shape index (κ3) is 2.50. The number of halogens is 1. The van der Waals surface area contributed by atoms with Crippen molar-refractivity contribution in [3.63, 3.8) is 0 Å². The minimum atomic E-state index is -0.247. The van der Waals surface area contributed by atoms with E-state index in [2.05, 4.69) is 4.98 Å². The lowest BCUT2D eigenvalue weighted by Crippen LogP contribution is -2.27. The van der Waals surface area contributed by atoms with E-state index in [1.165, 1.54) is 12.1 Å². The monoisotopic (exact) mass is 259 g/mol. The molecule has 2 aromatic rings. The summed E-state index contributed by atoms with van der Waals surface area (Å²) < 4.78 is 14.8. The lowest BCUT2D eigenvalue weighted by Gasteiger charge is -2.17. The van der Waals surface area contributed by atoms with Crippen LogP contribution in [0.15, 0.2) is 43.0 Å². The van der Waals surface area contributed by atoms with Crippen LogP contribution in [0.3, 0.4) is 0 Å². The number of imidazole rings is 1. The van der Waals surface area contributed by atoms with Gasteiger partial charge < -0.3 is 9.47 Å². The van der Waals surface area contributed by atoms with E-state index in [4.69, 9.17) is 0 Å². The average Bonchev–Trinajstić information content (AvgIpc) is 3.02. The van der Waals surface area contributed by atoms with E-state index in [0.29, 0.717) is 19.6 Å². The largest absolute Gasteiger partial charge is 0.324 e. The molecule has 5 heteroatoms. The second-order valence-electron chi connectivity index (χ2n) is 4.79. The van der Waals surface area contributed by atoms with Gasteiger partial charge in [0.1, 0.15) is 5.82 Å². The van der Waals surface area contributed by atoms with E-state index in [9.17, 15) is 9.18 Å². The Morgan fingerprint density at radius 3 is 2.79 bits per heavy atom. The lowest BCUT2D eigenvalue weighted by atomic mass is 9.98. The van der Waals surface area contributed by atoms with Crippen LogP contribution in [0.4, 0.5) is 4.39 Å². The summed E-state index contributed by atoms with van der Waals surface area (Å²) in [6.07, 6.45) is 5.70. The first-order valence-corrected chi connectivity index (χ1v) is 6.21. The summed E-state index contributed by atoms with van der Waals surface area (Å²) >= 11 is 0. The normalized spacial score (nSPS) is 19.1. The van der Waals surface area contributed by atoms with Crippen molar-refractivity contribution in [2.75, 3.05) is 6.54 Å². The van der Waals surface area contributed by atoms with Gasteiger partial charge in [0.25, 0.3) is 0 Å². The molecule has 0 radical (unpaired) electrons. The first-order valence-electron chi connectivity index (χ1n) is 6.21. The number of rotatable bonds is 3. The highest BCUT2D eigenvalue weighted by molar-refractivity contribution is 5.79. The van der Waals surface area contributed by atoms with E-state index < -0.39 is 0 Å². The Morgan fingerprint density at radius 2 is 2.11 bits per heavy atom. The fourth-order valence-electron chi connectivity index (χ4n) is 2.43. The van der Waals surface area contributed by atoms with E-state index in [1.54, 1.807) is 29.6 Å². The van der Waals surface area contributed by atoms with Gasteiger partial charge in [-0.3, -0.25) is 4.79 Å². The summed E-state index contributed by atoms with van der Waals surface area (Å²) in [7, 11) is 0. The van der Waals surface area contributed by atoms with Crippen molar-refractivity contribution in [2.24, 2.45) is 0 Å². The van der Waals surface area contributed by atoms with Crippen molar-refractivity contribution in [1.29, 1.82) is 0 Å². The number of hydrogen-bond donors (Lipinski definition) is 0. The van der Waals surface area contributed by atoms with Gasteiger partial charge in [-0.15, -0.1) is 0 Å². The predicted molar refractivity (Wildman–Crippen MR) is 67.7 cm³/mol. The number of carbonyl (C=O) groups is 1. The van der Waals surface area contributed by atoms with Crippen LogP contribution < -0.4 is 0 Å². The summed E-state index contributed by atoms with van der Waals surface area (Å²) in [5.74, 6) is 0.0305. The molecule has 1 aromatic carbocycles. The fourth-order valence-corrected chi connectivity index (χ4v) is 2.43. The number of benzene rings is 1. The van der Waals surface area contributed by atoms with Crippen LogP contribution in [0.25, 0.3) is 0 Å². The third-order valence-electron chi connectivity index (χ3n) is 3.45. The topological polar surface area (TPSA) is 38.1 Å². The van der Waals surface area contributed by atoms with E-state index in [-0.39, 0.29) is 17.6 Å². The molecule has 19 heavy (non-hydrogen) atoms. The summed E-state index contributed by atoms with van der Waals surface area (Å²) in [4.78, 5) is 17.7. The third-order valence-corrected chi connectivity index (χ3v) is 3.45. The number of hydrogen-bond acceptors (Lipinski definition) is 2. The zero-order valence-electron chi connectivity index (χ0n) is 10.4. The van der Waals surface area contributed by atoms with Gasteiger partial charge in [-0.05, 0) is 17.7 Å². The Bertz CT molecular complexity index is 565. The summed E-state index contributed by atoms with van der Waals surface area (Å²) in [6.45, 7) is 1.19. The predicted octanol–water partition coefficient (Wildman–Crippen LogP) is 2.00. The maximum absolute atomic E-state index is 12.9. The van der Waals surface area contributed by atoms with Crippen LogP contribution in [0.1, 0.15) is 17.9 Å². The summed E-state index contributed by atoms with van der Waals surface area (Å²) in [5.41, 5.74) is 1.02. The van der Waals surface area contributed by atoms with Crippen LogP contribution in [-0.4, -0.2) is 26.9 Å². The Morgan fingerprint density at radius 1 is 1.32 bits per heavy atom. The van der Waals surface area contributed by atoms with Gasteiger partial charge in [-0.1, -0.05) is 12.1 Å². The molecule has 0 spiro atoms. The van der Waals surface area contributed by atoms with Crippen LogP contribution >= 0.6 is 0 Å². The molecule has 1 saturated heterocycles. The van der Waals surface area contributed by atoms with Crippen LogP contribution in [0.2, 0.25) is 0 Å². The fraction of sp³-hybridized carbons (Fsp3) is 0.286. The maximum atomic E-state index is 12.9. The van der Waals surface area contributed by atoms with Gasteiger partial charge in [0.15, 0.2) is 0 Å². The van der Waals surface area contributed by atoms with Gasteiger partial charge in [0.2, 0.25) is 5.91 Å². The number of aromatic nitrogens is 2. The summed E-state index contributed by atoms with van der Waals surface area (Å²) in [5, 5.41) is 0. The number of likely N-dealkylation sites (tertiary alicyclic amines) is 1. The quantitative estimate of drug-likeness (QED) is 0.845. The SMILES string of the molecule is O=C1CC(c2ccc(F)cc2)CN1Cn1ccnc1. The van der Waals surface area contributed by atoms with Gasteiger partial charge in [-0.2, -0.15) is 0 Å². The first kappa shape index (κ1) is 11.9. The molecule has 1 aliphatic heterocycles. The van der Waals surface area contributed by atoms with E-state index in [0.717, 1.165) is 5.56 Å². The van der Waals surface area contributed by atoms with Crippen molar-refractivity contribution in [1.82, 2.24) is 14.5 Å². The highest BCUT2D eigenvalue weighted by Crippen LogP contribution is 2.28. The molecule has 1 fully saturated rings. The number of amides is 1. The Hall–Kier alpha value is -2.17. The molecule has 1 aliphatic rings. The zero-order valence-corrected chi connectivity index (χ0v) is 10.4. The maximum Gasteiger partial charge on any atom is 0.224 e. The highest BCUT2D eigenvalue weighted by atomic mass is 19.1. The number of nitrogens with zero attached hydrogens (tertiary/aromatic N) is 3. The molecule has 0 saturated carbocycles. The zero-order chi connectivity index (χ0) is 13.2. The Labute approximate surface area is 110 Å². The van der Waals surface area contributed by atoms with Crippen molar-refractivity contribution in [3.05, 3.63) is 54.4 Å². The van der Waals surface area contributed by atoms with Gasteiger partial charge in [-0.25, -0.2) is 9.37 Å². The minimum Gasteiger partial charge on any atom is -0.324 e. The average molecular weight is 259 g/mol.